The molecule has 70 valence electrons. The summed E-state index contributed by atoms with van der Waals surface area (Å²) in [5.74, 6) is 4.94. The van der Waals surface area contributed by atoms with Crippen LogP contribution in [0.2, 0.25) is 0 Å². The highest BCUT2D eigenvalue weighted by atomic mass is 16.8. The van der Waals surface area contributed by atoms with Gasteiger partial charge >= 0.3 is 0 Å². The molecule has 3 unspecified atom stereocenters. The van der Waals surface area contributed by atoms with Gasteiger partial charge in [0.05, 0.1) is 12.7 Å². The second kappa shape index (κ2) is 3.70. The summed E-state index contributed by atoms with van der Waals surface area (Å²) < 4.78 is 10.2. The highest BCUT2D eigenvalue weighted by Crippen LogP contribution is 2.27. The van der Waals surface area contributed by atoms with Crippen LogP contribution in [-0.4, -0.2) is 25.1 Å². The van der Waals surface area contributed by atoms with Crippen LogP contribution in [0.5, 0.6) is 0 Å². The van der Waals surface area contributed by atoms with Crippen molar-refractivity contribution < 1.29 is 14.3 Å². The molecule has 2 N–H and O–H groups in total. The molecular weight excluding hydrogens is 158 g/mol. The minimum Gasteiger partial charge on any atom is -0.373 e. The van der Waals surface area contributed by atoms with Gasteiger partial charge in [-0.05, 0) is 12.8 Å². The molecular formula is C8H15NO3. The van der Waals surface area contributed by atoms with E-state index in [1.807, 2.05) is 0 Å². The standard InChI is InChI=1S/C8H15NO3/c9-12-8-7(11-8)4-2-1-3-6-5-10-6/h6-8H,1-5,9H2. The first-order valence-electron chi connectivity index (χ1n) is 4.53. The summed E-state index contributed by atoms with van der Waals surface area (Å²) in [7, 11) is 0. The molecule has 2 aliphatic rings. The van der Waals surface area contributed by atoms with Crippen molar-refractivity contribution in [1.82, 2.24) is 0 Å². The first-order valence-corrected chi connectivity index (χ1v) is 4.53. The summed E-state index contributed by atoms with van der Waals surface area (Å²) >= 11 is 0. The van der Waals surface area contributed by atoms with Crippen LogP contribution in [0.4, 0.5) is 0 Å². The van der Waals surface area contributed by atoms with Crippen LogP contribution in [0.15, 0.2) is 0 Å². The summed E-state index contributed by atoms with van der Waals surface area (Å²) in [5, 5.41) is 0. The molecule has 0 bridgehead atoms. The Morgan fingerprint density at radius 2 is 2.08 bits per heavy atom. The van der Waals surface area contributed by atoms with Crippen LogP contribution in [0.1, 0.15) is 25.7 Å². The zero-order valence-corrected chi connectivity index (χ0v) is 7.07. The fourth-order valence-electron chi connectivity index (χ4n) is 1.40. The summed E-state index contributed by atoms with van der Waals surface area (Å²) in [6.45, 7) is 0.967. The van der Waals surface area contributed by atoms with E-state index in [2.05, 4.69) is 4.84 Å². The normalized spacial score (nSPS) is 38.2. The van der Waals surface area contributed by atoms with Crippen LogP contribution in [-0.2, 0) is 14.3 Å². The summed E-state index contributed by atoms with van der Waals surface area (Å²) in [6, 6.07) is 0. The largest absolute Gasteiger partial charge is 0.373 e. The number of ether oxygens (including phenoxy) is 2. The average molecular weight is 173 g/mol. The molecule has 0 aliphatic carbocycles. The number of unbranched alkanes of at least 4 members (excludes halogenated alkanes) is 1. The van der Waals surface area contributed by atoms with Gasteiger partial charge < -0.3 is 9.47 Å². The van der Waals surface area contributed by atoms with Crippen molar-refractivity contribution in [3.05, 3.63) is 0 Å². The Hall–Kier alpha value is -0.160. The SMILES string of the molecule is NOC1OC1CCCCC1CO1. The van der Waals surface area contributed by atoms with Crippen molar-refractivity contribution >= 4 is 0 Å². The Bertz CT molecular complexity index is 149. The molecule has 4 heteroatoms. The maximum atomic E-state index is 5.11. The molecule has 0 aromatic rings. The van der Waals surface area contributed by atoms with Gasteiger partial charge in [0.15, 0.2) is 0 Å². The number of rotatable bonds is 6. The van der Waals surface area contributed by atoms with Crippen molar-refractivity contribution in [2.45, 2.75) is 44.2 Å². The fourth-order valence-corrected chi connectivity index (χ4v) is 1.40. The minimum absolute atomic E-state index is 0.123. The number of hydrogen-bond acceptors (Lipinski definition) is 4. The fraction of sp³-hybridized carbons (Fsp3) is 1.00. The lowest BCUT2D eigenvalue weighted by Gasteiger charge is -1.94. The maximum absolute atomic E-state index is 5.11. The van der Waals surface area contributed by atoms with E-state index >= 15 is 0 Å². The Kier molecular flexibility index (Phi) is 2.60. The Morgan fingerprint density at radius 3 is 2.67 bits per heavy atom. The van der Waals surface area contributed by atoms with E-state index in [1.54, 1.807) is 0 Å². The summed E-state index contributed by atoms with van der Waals surface area (Å²) in [6.07, 6.45) is 5.37. The number of epoxide rings is 2. The van der Waals surface area contributed by atoms with Crippen molar-refractivity contribution in [1.29, 1.82) is 0 Å². The van der Waals surface area contributed by atoms with E-state index in [4.69, 9.17) is 15.4 Å². The van der Waals surface area contributed by atoms with Gasteiger partial charge in [-0.1, -0.05) is 12.8 Å². The molecule has 2 rings (SSSR count). The molecule has 2 fully saturated rings. The molecule has 2 heterocycles. The third kappa shape index (κ3) is 2.42. The topological polar surface area (TPSA) is 60.3 Å². The van der Waals surface area contributed by atoms with Crippen LogP contribution >= 0.6 is 0 Å². The van der Waals surface area contributed by atoms with E-state index in [1.165, 1.54) is 19.3 Å². The van der Waals surface area contributed by atoms with Gasteiger partial charge in [-0.2, -0.15) is 0 Å². The van der Waals surface area contributed by atoms with E-state index in [9.17, 15) is 0 Å². The van der Waals surface area contributed by atoms with E-state index in [0.29, 0.717) is 6.10 Å². The lowest BCUT2D eigenvalue weighted by molar-refractivity contribution is 0.0503. The van der Waals surface area contributed by atoms with E-state index in [0.717, 1.165) is 13.0 Å². The zero-order valence-electron chi connectivity index (χ0n) is 7.07. The van der Waals surface area contributed by atoms with Gasteiger partial charge in [0.25, 0.3) is 0 Å². The molecule has 0 aromatic heterocycles. The van der Waals surface area contributed by atoms with Crippen LogP contribution in [0.3, 0.4) is 0 Å². The lowest BCUT2D eigenvalue weighted by Crippen LogP contribution is -2.05. The van der Waals surface area contributed by atoms with Gasteiger partial charge in [0.1, 0.15) is 6.10 Å². The molecule has 0 aromatic carbocycles. The predicted molar refractivity (Wildman–Crippen MR) is 42.1 cm³/mol. The quantitative estimate of drug-likeness (QED) is 0.362. The van der Waals surface area contributed by atoms with Crippen LogP contribution in [0.25, 0.3) is 0 Å². The Labute approximate surface area is 71.9 Å². The van der Waals surface area contributed by atoms with Gasteiger partial charge in [-0.3, -0.25) is 4.84 Å². The maximum Gasteiger partial charge on any atom is 0.203 e. The minimum atomic E-state index is -0.123. The number of nitrogens with two attached hydrogens (primary N) is 1. The van der Waals surface area contributed by atoms with Crippen molar-refractivity contribution in [2.24, 2.45) is 5.90 Å². The van der Waals surface area contributed by atoms with Crippen molar-refractivity contribution in [3.8, 4) is 0 Å². The van der Waals surface area contributed by atoms with Gasteiger partial charge in [-0.25, -0.2) is 5.90 Å². The third-order valence-electron chi connectivity index (χ3n) is 2.34. The molecule has 0 saturated carbocycles. The monoisotopic (exact) mass is 173 g/mol. The molecule has 2 aliphatic heterocycles. The molecule has 4 nitrogen and oxygen atoms in total. The second-order valence-corrected chi connectivity index (χ2v) is 3.42. The number of hydrogen-bond donors (Lipinski definition) is 1. The van der Waals surface area contributed by atoms with E-state index < -0.39 is 0 Å². The van der Waals surface area contributed by atoms with Gasteiger partial charge in [0, 0.05) is 0 Å². The zero-order chi connectivity index (χ0) is 8.39. The summed E-state index contributed by atoms with van der Waals surface area (Å²) in [4.78, 5) is 4.52. The third-order valence-corrected chi connectivity index (χ3v) is 2.34. The highest BCUT2D eigenvalue weighted by molar-refractivity contribution is 4.76. The molecule has 0 amide bonds. The Balaban J connectivity index is 1.41. The van der Waals surface area contributed by atoms with Crippen molar-refractivity contribution in [2.75, 3.05) is 6.61 Å². The van der Waals surface area contributed by atoms with Gasteiger partial charge in [-0.15, -0.1) is 0 Å². The molecule has 3 atom stereocenters. The molecule has 0 radical (unpaired) electrons. The lowest BCUT2D eigenvalue weighted by atomic mass is 10.1. The predicted octanol–water partition coefficient (Wildman–Crippen LogP) is 0.561. The molecule has 0 spiro atoms. The Morgan fingerprint density at radius 1 is 1.33 bits per heavy atom. The highest BCUT2D eigenvalue weighted by Gasteiger charge is 2.39. The second-order valence-electron chi connectivity index (χ2n) is 3.42. The van der Waals surface area contributed by atoms with E-state index in [-0.39, 0.29) is 12.4 Å². The summed E-state index contributed by atoms with van der Waals surface area (Å²) in [5.41, 5.74) is 0. The van der Waals surface area contributed by atoms with Gasteiger partial charge in [0.2, 0.25) is 6.29 Å². The van der Waals surface area contributed by atoms with Crippen LogP contribution in [0, 0.1) is 0 Å². The van der Waals surface area contributed by atoms with Crippen molar-refractivity contribution in [3.63, 3.8) is 0 Å². The smallest absolute Gasteiger partial charge is 0.203 e. The molecule has 2 saturated heterocycles. The first kappa shape index (κ1) is 8.44. The van der Waals surface area contributed by atoms with Crippen LogP contribution < -0.4 is 5.90 Å². The first-order chi connectivity index (χ1) is 5.90. The average Bonchev–Trinajstić information content (AvgIpc) is 2.95. The molecule has 12 heavy (non-hydrogen) atoms.